The smallest absolute Gasteiger partial charge is 0.127 e. The minimum atomic E-state index is -0.0198. The molecule has 0 amide bonds. The number of benzene rings is 1. The summed E-state index contributed by atoms with van der Waals surface area (Å²) < 4.78 is 13.7. The van der Waals surface area contributed by atoms with Crippen molar-refractivity contribution in [2.75, 3.05) is 5.73 Å². The molecule has 2 N–H and O–H groups in total. The van der Waals surface area contributed by atoms with Crippen molar-refractivity contribution in [3.63, 3.8) is 0 Å². The number of halogens is 1. The molecule has 0 aliphatic heterocycles. The summed E-state index contributed by atoms with van der Waals surface area (Å²) in [5, 5.41) is 0. The van der Waals surface area contributed by atoms with Gasteiger partial charge in [-0.05, 0) is 60.8 Å². The average molecular weight is 191 g/mol. The van der Waals surface area contributed by atoms with E-state index < -0.39 is 0 Å². The van der Waals surface area contributed by atoms with Crippen LogP contribution in [0.2, 0.25) is 0 Å². The summed E-state index contributed by atoms with van der Waals surface area (Å²) in [5.41, 5.74) is 10.0. The molecule has 0 heterocycles. The van der Waals surface area contributed by atoms with E-state index in [1.54, 1.807) is 6.07 Å². The third kappa shape index (κ3) is 1.06. The second-order valence-corrected chi connectivity index (χ2v) is 4.45. The van der Waals surface area contributed by atoms with Gasteiger partial charge in [0.25, 0.3) is 0 Å². The third-order valence-electron chi connectivity index (χ3n) is 3.44. The second-order valence-electron chi connectivity index (χ2n) is 4.45. The van der Waals surface area contributed by atoms with Gasteiger partial charge in [-0.2, -0.15) is 0 Å². The lowest BCUT2D eigenvalue weighted by Gasteiger charge is -2.10. The molecule has 0 unspecified atom stereocenters. The van der Waals surface area contributed by atoms with Gasteiger partial charge >= 0.3 is 0 Å². The molecule has 74 valence electrons. The molecule has 0 aromatic heterocycles. The Morgan fingerprint density at radius 3 is 2.64 bits per heavy atom. The van der Waals surface area contributed by atoms with E-state index in [9.17, 15) is 4.39 Å². The fourth-order valence-corrected chi connectivity index (χ4v) is 2.51. The number of rotatable bonds is 1. The first-order valence-electron chi connectivity index (χ1n) is 5.37. The van der Waals surface area contributed by atoms with E-state index in [1.807, 2.05) is 0 Å². The summed E-state index contributed by atoms with van der Waals surface area (Å²) in [6.07, 6.45) is 5.27. The standard InChI is InChI=1S/C12H14FN/c13-11-6-10(7-4-5-7)12(14)9-3-1-2-8(9)11/h6-7H,1-5,14H2. The van der Waals surface area contributed by atoms with E-state index in [1.165, 1.54) is 12.8 Å². The highest BCUT2D eigenvalue weighted by Gasteiger charge is 2.29. The Morgan fingerprint density at radius 1 is 1.21 bits per heavy atom. The first-order chi connectivity index (χ1) is 6.77. The summed E-state index contributed by atoms with van der Waals surface area (Å²) in [6, 6.07) is 1.68. The Labute approximate surface area is 83.1 Å². The highest BCUT2D eigenvalue weighted by molar-refractivity contribution is 5.61. The Balaban J connectivity index is 2.19. The van der Waals surface area contributed by atoms with Crippen LogP contribution in [0.4, 0.5) is 10.1 Å². The van der Waals surface area contributed by atoms with Crippen LogP contribution in [0.25, 0.3) is 0 Å². The van der Waals surface area contributed by atoms with Gasteiger partial charge in [0.05, 0.1) is 0 Å². The van der Waals surface area contributed by atoms with Gasteiger partial charge in [0.15, 0.2) is 0 Å². The van der Waals surface area contributed by atoms with Gasteiger partial charge in [0, 0.05) is 5.69 Å². The molecule has 0 saturated heterocycles. The van der Waals surface area contributed by atoms with E-state index in [0.717, 1.165) is 41.6 Å². The molecule has 2 aliphatic carbocycles. The minimum absolute atomic E-state index is 0.0198. The third-order valence-corrected chi connectivity index (χ3v) is 3.44. The van der Waals surface area contributed by atoms with Crippen LogP contribution in [-0.2, 0) is 12.8 Å². The van der Waals surface area contributed by atoms with Crippen molar-refractivity contribution in [3.05, 3.63) is 28.6 Å². The Bertz CT molecular complexity index is 394. The Morgan fingerprint density at radius 2 is 1.93 bits per heavy atom. The predicted molar refractivity (Wildman–Crippen MR) is 54.8 cm³/mol. The molecule has 2 aliphatic rings. The molecule has 1 saturated carbocycles. The van der Waals surface area contributed by atoms with Gasteiger partial charge in [-0.3, -0.25) is 0 Å². The number of nitrogen functional groups attached to an aromatic ring is 1. The zero-order valence-electron chi connectivity index (χ0n) is 8.15. The van der Waals surface area contributed by atoms with Gasteiger partial charge in [-0.1, -0.05) is 0 Å². The highest BCUT2D eigenvalue weighted by atomic mass is 19.1. The van der Waals surface area contributed by atoms with Gasteiger partial charge < -0.3 is 5.73 Å². The SMILES string of the molecule is Nc1c(C2CC2)cc(F)c2c1CCC2. The first-order valence-corrected chi connectivity index (χ1v) is 5.37. The van der Waals surface area contributed by atoms with Crippen LogP contribution in [0.3, 0.4) is 0 Å². The van der Waals surface area contributed by atoms with Crippen molar-refractivity contribution in [1.29, 1.82) is 0 Å². The topological polar surface area (TPSA) is 26.0 Å². The quantitative estimate of drug-likeness (QED) is 0.679. The van der Waals surface area contributed by atoms with Crippen LogP contribution in [0.15, 0.2) is 6.07 Å². The average Bonchev–Trinajstić information content (AvgIpc) is 2.88. The predicted octanol–water partition coefficient (Wildman–Crippen LogP) is 2.77. The number of nitrogens with two attached hydrogens (primary N) is 1. The summed E-state index contributed by atoms with van der Waals surface area (Å²) in [6.45, 7) is 0. The lowest BCUT2D eigenvalue weighted by molar-refractivity contribution is 0.611. The van der Waals surface area contributed by atoms with Gasteiger partial charge in [0.2, 0.25) is 0 Å². The van der Waals surface area contributed by atoms with Gasteiger partial charge in [0.1, 0.15) is 5.82 Å². The minimum Gasteiger partial charge on any atom is -0.398 e. The first kappa shape index (κ1) is 8.27. The fourth-order valence-electron chi connectivity index (χ4n) is 2.51. The van der Waals surface area contributed by atoms with E-state index in [4.69, 9.17) is 5.73 Å². The fraction of sp³-hybridized carbons (Fsp3) is 0.500. The van der Waals surface area contributed by atoms with E-state index in [2.05, 4.69) is 0 Å². The summed E-state index contributed by atoms with van der Waals surface area (Å²) >= 11 is 0. The second kappa shape index (κ2) is 2.72. The van der Waals surface area contributed by atoms with Crippen LogP contribution in [0.5, 0.6) is 0 Å². The maximum absolute atomic E-state index is 13.7. The van der Waals surface area contributed by atoms with Crippen molar-refractivity contribution in [2.45, 2.75) is 38.0 Å². The molecule has 0 radical (unpaired) electrons. The van der Waals surface area contributed by atoms with Crippen molar-refractivity contribution in [3.8, 4) is 0 Å². The van der Waals surface area contributed by atoms with Crippen molar-refractivity contribution >= 4 is 5.69 Å². The van der Waals surface area contributed by atoms with Gasteiger partial charge in [-0.15, -0.1) is 0 Å². The van der Waals surface area contributed by atoms with Gasteiger partial charge in [-0.25, -0.2) is 4.39 Å². The van der Waals surface area contributed by atoms with Crippen molar-refractivity contribution in [2.24, 2.45) is 0 Å². The Kier molecular flexibility index (Phi) is 1.61. The molecule has 3 rings (SSSR count). The molecule has 0 spiro atoms. The zero-order valence-corrected chi connectivity index (χ0v) is 8.15. The number of anilines is 1. The number of hydrogen-bond acceptors (Lipinski definition) is 1. The van der Waals surface area contributed by atoms with E-state index >= 15 is 0 Å². The van der Waals surface area contributed by atoms with Crippen LogP contribution in [-0.4, -0.2) is 0 Å². The van der Waals surface area contributed by atoms with Crippen LogP contribution in [0, 0.1) is 5.82 Å². The number of hydrogen-bond donors (Lipinski definition) is 1. The molecule has 0 atom stereocenters. The normalized spacial score (nSPS) is 19.8. The molecule has 2 heteroatoms. The highest BCUT2D eigenvalue weighted by Crippen LogP contribution is 2.45. The Hall–Kier alpha value is -1.05. The van der Waals surface area contributed by atoms with Crippen LogP contribution >= 0.6 is 0 Å². The van der Waals surface area contributed by atoms with E-state index in [0.29, 0.717) is 5.92 Å². The molecule has 14 heavy (non-hydrogen) atoms. The maximum Gasteiger partial charge on any atom is 0.127 e. The lowest BCUT2D eigenvalue weighted by Crippen LogP contribution is -2.01. The lowest BCUT2D eigenvalue weighted by atomic mass is 10.00. The van der Waals surface area contributed by atoms with Crippen molar-refractivity contribution in [1.82, 2.24) is 0 Å². The molecular formula is C12H14FN. The monoisotopic (exact) mass is 191 g/mol. The van der Waals surface area contributed by atoms with Crippen LogP contribution in [0.1, 0.15) is 41.9 Å². The molecule has 1 nitrogen and oxygen atoms in total. The molecule has 0 bridgehead atoms. The summed E-state index contributed by atoms with van der Waals surface area (Å²) in [5.74, 6) is 0.531. The largest absolute Gasteiger partial charge is 0.398 e. The summed E-state index contributed by atoms with van der Waals surface area (Å²) in [4.78, 5) is 0. The molecule has 1 aromatic carbocycles. The molecular weight excluding hydrogens is 177 g/mol. The molecule has 1 fully saturated rings. The van der Waals surface area contributed by atoms with E-state index in [-0.39, 0.29) is 5.82 Å². The molecule has 1 aromatic rings. The summed E-state index contributed by atoms with van der Waals surface area (Å²) in [7, 11) is 0. The maximum atomic E-state index is 13.7. The van der Waals surface area contributed by atoms with Crippen molar-refractivity contribution < 1.29 is 4.39 Å². The van der Waals surface area contributed by atoms with Crippen LogP contribution < -0.4 is 5.73 Å². The zero-order chi connectivity index (χ0) is 9.71. The number of fused-ring (bicyclic) bond motifs is 1.